The first kappa shape index (κ1) is 48.2. The third-order valence-corrected chi connectivity index (χ3v) is 14.7. The van der Waals surface area contributed by atoms with Crippen LogP contribution in [0.25, 0.3) is 0 Å². The largest absolute Gasteiger partial charge is 0.494 e. The molecule has 10 nitrogen and oxygen atoms in total. The lowest BCUT2D eigenvalue weighted by atomic mass is 9.49. The summed E-state index contributed by atoms with van der Waals surface area (Å²) in [5.41, 5.74) is 7.71. The van der Waals surface area contributed by atoms with E-state index < -0.39 is 21.1 Å². The van der Waals surface area contributed by atoms with Gasteiger partial charge in [0, 0.05) is 15.8 Å². The van der Waals surface area contributed by atoms with E-state index in [2.05, 4.69) is 84.4 Å². The Hall–Kier alpha value is -3.75. The maximum atomic E-state index is 12.6. The molecule has 0 atom stereocenters. The summed E-state index contributed by atoms with van der Waals surface area (Å²) >= 11 is 3.45. The second kappa shape index (κ2) is 17.5. The lowest BCUT2D eigenvalue weighted by Crippen LogP contribution is -2.41. The van der Waals surface area contributed by atoms with Gasteiger partial charge >= 0.3 is 21.1 Å². The molecule has 2 amide bonds. The van der Waals surface area contributed by atoms with Crippen molar-refractivity contribution in [1.82, 2.24) is 0 Å². The van der Waals surface area contributed by atoms with E-state index >= 15 is 0 Å². The van der Waals surface area contributed by atoms with Crippen LogP contribution < -0.4 is 15.3 Å². The number of hydrogen-bond donors (Lipinski definition) is 0. The molecule has 14 heteroatoms. The molecule has 5 aliphatic rings. The standard InChI is InChI=1S/C22H26BNO3.C16H14BrNO.C12H24B2O4/c1-15-6-8-16(9-7-15)14-24-19-11-10-18(12-17(19)13-20(24)25)23-26-21(2,3)22(4,5)27-23;1-11-2-4-12(5-3-11)10-18-15-7-6-14(17)8-13(15)9-16(18)19;1-9(2)10(3,4)16-13(15-9)14-17-11(5,6)12(7,8)18-14/h6-12H,13-14H2,1-5H3;2-8H,9-10H2,1H3;1-8H3. The third-order valence-electron chi connectivity index (χ3n) is 14.2. The van der Waals surface area contributed by atoms with Gasteiger partial charge in [0.1, 0.15) is 0 Å². The molecule has 0 unspecified atom stereocenters. The van der Waals surface area contributed by atoms with E-state index in [4.69, 9.17) is 27.9 Å². The number of nitrogens with zero attached hydrogens (tertiary/aromatic N) is 2. The molecule has 3 fully saturated rings. The summed E-state index contributed by atoms with van der Waals surface area (Å²) in [7, 11) is -1.35. The summed E-state index contributed by atoms with van der Waals surface area (Å²) in [5, 5.41) is 0. The highest BCUT2D eigenvalue weighted by molar-refractivity contribution is 9.10. The molecular weight excluding hydrogens is 869 g/mol. The minimum Gasteiger partial charge on any atom is -0.405 e. The highest BCUT2D eigenvalue weighted by Crippen LogP contribution is 2.43. The molecule has 0 aromatic heterocycles. The molecule has 5 heterocycles. The van der Waals surface area contributed by atoms with Gasteiger partial charge in [0.25, 0.3) is 0 Å². The van der Waals surface area contributed by atoms with Crippen molar-refractivity contribution in [3.63, 3.8) is 0 Å². The van der Waals surface area contributed by atoms with Crippen LogP contribution in [0.15, 0.2) is 89.4 Å². The molecule has 0 spiro atoms. The van der Waals surface area contributed by atoms with Crippen molar-refractivity contribution in [3.05, 3.63) is 123 Å². The first-order valence-corrected chi connectivity index (χ1v) is 23.2. The van der Waals surface area contributed by atoms with Crippen LogP contribution in [-0.4, -0.2) is 66.6 Å². The predicted molar refractivity (Wildman–Crippen MR) is 261 cm³/mol. The van der Waals surface area contributed by atoms with Gasteiger partial charge in [0.15, 0.2) is 0 Å². The van der Waals surface area contributed by atoms with Crippen LogP contribution in [0.5, 0.6) is 0 Å². The van der Waals surface area contributed by atoms with Crippen molar-refractivity contribution < 1.29 is 37.5 Å². The number of anilines is 2. The normalized spacial score (nSPS) is 21.6. The molecule has 5 aliphatic heterocycles. The van der Waals surface area contributed by atoms with Crippen molar-refractivity contribution in [3.8, 4) is 0 Å². The van der Waals surface area contributed by atoms with Gasteiger partial charge in [-0.2, -0.15) is 0 Å². The number of carbonyl (C=O) groups excluding carboxylic acids is 2. The van der Waals surface area contributed by atoms with Gasteiger partial charge in [-0.15, -0.1) is 0 Å². The van der Waals surface area contributed by atoms with E-state index in [9.17, 15) is 9.59 Å². The summed E-state index contributed by atoms with van der Waals surface area (Å²) in [6.07, 6.45) is 0.926. The van der Waals surface area contributed by atoms with Crippen molar-refractivity contribution >= 4 is 65.7 Å². The fraction of sp³-hybridized carbons (Fsp3) is 0.480. The number of rotatable bonds is 6. The van der Waals surface area contributed by atoms with Crippen LogP contribution in [0.3, 0.4) is 0 Å². The molecule has 4 aromatic rings. The van der Waals surface area contributed by atoms with Crippen molar-refractivity contribution in [1.29, 1.82) is 0 Å². The van der Waals surface area contributed by atoms with Gasteiger partial charge in [-0.05, 0) is 149 Å². The maximum absolute atomic E-state index is 12.6. The molecule has 3 saturated heterocycles. The van der Waals surface area contributed by atoms with E-state index in [0.29, 0.717) is 25.9 Å². The van der Waals surface area contributed by atoms with Crippen LogP contribution in [0, 0.1) is 13.8 Å². The van der Waals surface area contributed by atoms with Crippen LogP contribution >= 0.6 is 15.9 Å². The maximum Gasteiger partial charge on any atom is 0.494 e. The molecule has 0 aliphatic carbocycles. The number of aryl methyl sites for hydroxylation is 2. The van der Waals surface area contributed by atoms with Crippen molar-refractivity contribution in [2.75, 3.05) is 9.80 Å². The Bertz CT molecular complexity index is 2300. The molecule has 0 saturated carbocycles. The zero-order valence-electron chi connectivity index (χ0n) is 40.2. The smallest absolute Gasteiger partial charge is 0.405 e. The van der Waals surface area contributed by atoms with Crippen LogP contribution in [0.1, 0.15) is 116 Å². The Morgan fingerprint density at radius 2 is 0.828 bits per heavy atom. The number of amides is 2. The van der Waals surface area contributed by atoms with Gasteiger partial charge in [0.2, 0.25) is 11.8 Å². The zero-order valence-corrected chi connectivity index (χ0v) is 41.8. The minimum atomic E-state index is -0.476. The number of halogens is 1. The second-order valence-electron chi connectivity index (χ2n) is 20.8. The molecule has 0 N–H and O–H groups in total. The summed E-state index contributed by atoms with van der Waals surface area (Å²) in [4.78, 5) is 28.5. The monoisotopic (exact) mass is 932 g/mol. The Labute approximate surface area is 390 Å². The molecule has 0 radical (unpaired) electrons. The molecule has 4 aromatic carbocycles. The topological polar surface area (TPSA) is 96.0 Å². The first-order chi connectivity index (χ1) is 29.7. The van der Waals surface area contributed by atoms with Crippen molar-refractivity contribution in [2.24, 2.45) is 0 Å². The van der Waals surface area contributed by atoms with Crippen molar-refractivity contribution in [2.45, 2.75) is 156 Å². The minimum absolute atomic E-state index is 0.136. The molecule has 338 valence electrons. The van der Waals surface area contributed by atoms with E-state index in [1.807, 2.05) is 123 Å². The lowest BCUT2D eigenvalue weighted by molar-refractivity contribution is -0.118. The number of benzene rings is 4. The van der Waals surface area contributed by atoms with Gasteiger partial charge < -0.3 is 37.7 Å². The Morgan fingerprint density at radius 3 is 1.22 bits per heavy atom. The molecule has 64 heavy (non-hydrogen) atoms. The summed E-state index contributed by atoms with van der Waals surface area (Å²) in [5.74, 6) is 0.310. The fourth-order valence-corrected chi connectivity index (χ4v) is 8.39. The zero-order chi connectivity index (χ0) is 46.8. The molecular formula is C50H64B3BrN2O8. The number of fused-ring (bicyclic) bond motifs is 2. The van der Waals surface area contributed by atoms with Gasteiger partial charge in [-0.1, -0.05) is 87.7 Å². The Kier molecular flexibility index (Phi) is 13.2. The SMILES string of the molecule is CC1(C)OB(B2OC(C)(C)C(C)(C)O2)OC1(C)C.Cc1ccc(CN2C(=O)Cc3cc(B4OC(C)(C)C(C)(C)O4)ccc32)cc1.Cc1ccc(CN2C(=O)Cc3cc(Br)ccc32)cc1. The van der Waals surface area contributed by atoms with E-state index in [0.717, 1.165) is 43.6 Å². The van der Waals surface area contributed by atoms with Crippen LogP contribution in [-0.2, 0) is 63.4 Å². The highest BCUT2D eigenvalue weighted by Gasteiger charge is 2.63. The fourth-order valence-electron chi connectivity index (χ4n) is 7.98. The summed E-state index contributed by atoms with van der Waals surface area (Å²) < 4.78 is 37.2. The van der Waals surface area contributed by atoms with E-state index in [1.165, 1.54) is 11.1 Å². The molecule has 0 bridgehead atoms. The highest BCUT2D eigenvalue weighted by atomic mass is 79.9. The average molecular weight is 933 g/mol. The summed E-state index contributed by atoms with van der Waals surface area (Å²) in [6.45, 7) is 29.8. The number of hydrogen-bond acceptors (Lipinski definition) is 8. The average Bonchev–Trinajstić information content (AvgIpc) is 3.88. The third kappa shape index (κ3) is 9.85. The van der Waals surface area contributed by atoms with Gasteiger partial charge in [0.05, 0.1) is 59.5 Å². The van der Waals surface area contributed by atoms with E-state index in [-0.39, 0.29) is 45.4 Å². The predicted octanol–water partition coefficient (Wildman–Crippen LogP) is 9.48. The first-order valence-electron chi connectivity index (χ1n) is 22.4. The Balaban J connectivity index is 0.000000148. The Morgan fingerprint density at radius 1 is 0.484 bits per heavy atom. The quantitative estimate of drug-likeness (QED) is 0.177. The van der Waals surface area contributed by atoms with E-state index in [1.54, 1.807) is 0 Å². The van der Waals surface area contributed by atoms with Gasteiger partial charge in [-0.25, -0.2) is 0 Å². The summed E-state index contributed by atoms with van der Waals surface area (Å²) in [6, 6.07) is 28.8. The molecule has 9 rings (SSSR count). The van der Waals surface area contributed by atoms with Crippen LogP contribution in [0.2, 0.25) is 0 Å². The number of carbonyl (C=O) groups is 2. The van der Waals surface area contributed by atoms with Crippen LogP contribution in [0.4, 0.5) is 11.4 Å². The lowest BCUT2D eigenvalue weighted by Gasteiger charge is -2.32. The second-order valence-corrected chi connectivity index (χ2v) is 21.7. The van der Waals surface area contributed by atoms with Gasteiger partial charge in [-0.3, -0.25) is 9.59 Å².